The average molecular weight is 435 g/mol. The maximum absolute atomic E-state index is 13.0. The monoisotopic (exact) mass is 434 g/mol. The van der Waals surface area contributed by atoms with Crippen LogP contribution in [0.25, 0.3) is 0 Å². The number of benzene rings is 2. The third-order valence-corrected chi connectivity index (χ3v) is 5.61. The number of hydrogen-bond donors (Lipinski definition) is 1. The van der Waals surface area contributed by atoms with Gasteiger partial charge in [0.15, 0.2) is 0 Å². The quantitative estimate of drug-likeness (QED) is 0.610. The Morgan fingerprint density at radius 2 is 1.90 bits per heavy atom. The molecule has 0 aliphatic heterocycles. The standard InChI is InChI=1S/C22H27ClN2O3S/c1-4-24-22(27)16(2)25(13-17-7-6-10-20(12-17)28-3)21(26)15-29-14-18-8-5-9-19(23)11-18/h5-12,16H,4,13-15H2,1-3H3,(H,24,27). The number of nitrogens with one attached hydrogen (secondary N) is 1. The minimum atomic E-state index is -0.569. The van der Waals surface area contributed by atoms with E-state index in [1.54, 1.807) is 18.9 Å². The molecule has 0 bridgehead atoms. The van der Waals surface area contributed by atoms with E-state index in [0.717, 1.165) is 16.9 Å². The van der Waals surface area contributed by atoms with Crippen LogP contribution in [0.2, 0.25) is 5.02 Å². The molecule has 5 nitrogen and oxygen atoms in total. The van der Waals surface area contributed by atoms with Crippen LogP contribution < -0.4 is 10.1 Å². The smallest absolute Gasteiger partial charge is 0.242 e. The topological polar surface area (TPSA) is 58.6 Å². The van der Waals surface area contributed by atoms with Gasteiger partial charge in [-0.05, 0) is 49.2 Å². The van der Waals surface area contributed by atoms with Gasteiger partial charge in [-0.15, -0.1) is 11.8 Å². The number of ether oxygens (including phenoxy) is 1. The van der Waals surface area contributed by atoms with Crippen LogP contribution in [0.1, 0.15) is 25.0 Å². The van der Waals surface area contributed by atoms with E-state index in [1.165, 1.54) is 11.8 Å². The Labute approximate surface area is 181 Å². The molecule has 2 aromatic carbocycles. The molecular formula is C22H27ClN2O3S. The fourth-order valence-corrected chi connectivity index (χ4v) is 3.91. The van der Waals surface area contributed by atoms with Gasteiger partial charge in [-0.3, -0.25) is 9.59 Å². The lowest BCUT2D eigenvalue weighted by Crippen LogP contribution is -2.48. The summed E-state index contributed by atoms with van der Waals surface area (Å²) in [5.74, 6) is 1.42. The summed E-state index contributed by atoms with van der Waals surface area (Å²) in [4.78, 5) is 27.0. The molecule has 29 heavy (non-hydrogen) atoms. The summed E-state index contributed by atoms with van der Waals surface area (Å²) in [7, 11) is 1.60. The number of nitrogens with zero attached hydrogens (tertiary/aromatic N) is 1. The second-order valence-corrected chi connectivity index (χ2v) is 7.99. The minimum absolute atomic E-state index is 0.0846. The molecule has 0 saturated heterocycles. The summed E-state index contributed by atoms with van der Waals surface area (Å²) in [5, 5.41) is 3.48. The van der Waals surface area contributed by atoms with Crippen molar-refractivity contribution in [1.29, 1.82) is 0 Å². The highest BCUT2D eigenvalue weighted by atomic mass is 35.5. The van der Waals surface area contributed by atoms with Crippen LogP contribution in [0.3, 0.4) is 0 Å². The molecule has 0 radical (unpaired) electrons. The van der Waals surface area contributed by atoms with Crippen LogP contribution in [0, 0.1) is 0 Å². The van der Waals surface area contributed by atoms with Gasteiger partial charge in [0.25, 0.3) is 0 Å². The van der Waals surface area contributed by atoms with Crippen molar-refractivity contribution in [1.82, 2.24) is 10.2 Å². The minimum Gasteiger partial charge on any atom is -0.497 e. The third-order valence-electron chi connectivity index (χ3n) is 4.39. The predicted octanol–water partition coefficient (Wildman–Crippen LogP) is 4.14. The van der Waals surface area contributed by atoms with Gasteiger partial charge in [-0.2, -0.15) is 0 Å². The molecule has 0 aromatic heterocycles. The molecule has 0 saturated carbocycles. The number of methoxy groups -OCH3 is 1. The van der Waals surface area contributed by atoms with E-state index in [1.807, 2.05) is 55.5 Å². The molecule has 1 atom stereocenters. The molecule has 0 aliphatic carbocycles. The van der Waals surface area contributed by atoms with Gasteiger partial charge in [0.05, 0.1) is 12.9 Å². The van der Waals surface area contributed by atoms with Gasteiger partial charge in [-0.1, -0.05) is 35.9 Å². The maximum Gasteiger partial charge on any atom is 0.242 e. The Bertz CT molecular complexity index is 831. The van der Waals surface area contributed by atoms with Crippen molar-refractivity contribution in [3.8, 4) is 5.75 Å². The normalized spacial score (nSPS) is 11.6. The zero-order valence-electron chi connectivity index (χ0n) is 17.0. The second-order valence-electron chi connectivity index (χ2n) is 6.57. The molecule has 0 fully saturated rings. The van der Waals surface area contributed by atoms with E-state index >= 15 is 0 Å². The second kappa shape index (κ2) is 11.7. The van der Waals surface area contributed by atoms with Crippen LogP contribution >= 0.6 is 23.4 Å². The van der Waals surface area contributed by atoms with Crippen molar-refractivity contribution in [2.75, 3.05) is 19.4 Å². The first kappa shape index (κ1) is 23.1. The van der Waals surface area contributed by atoms with Gasteiger partial charge in [0, 0.05) is 23.9 Å². The van der Waals surface area contributed by atoms with Gasteiger partial charge in [0.2, 0.25) is 11.8 Å². The van der Waals surface area contributed by atoms with Crippen LogP contribution in [0.4, 0.5) is 0 Å². The lowest BCUT2D eigenvalue weighted by Gasteiger charge is -2.28. The first-order chi connectivity index (χ1) is 13.9. The summed E-state index contributed by atoms with van der Waals surface area (Å²) < 4.78 is 5.27. The number of likely N-dealkylation sites (N-methyl/N-ethyl adjacent to an activating group) is 1. The van der Waals surface area contributed by atoms with E-state index in [4.69, 9.17) is 16.3 Å². The molecule has 7 heteroatoms. The Morgan fingerprint density at radius 1 is 1.17 bits per heavy atom. The van der Waals surface area contributed by atoms with Crippen LogP contribution in [0.5, 0.6) is 5.75 Å². The fourth-order valence-electron chi connectivity index (χ4n) is 2.84. The van der Waals surface area contributed by atoms with Crippen molar-refractivity contribution in [3.05, 3.63) is 64.7 Å². The van der Waals surface area contributed by atoms with Gasteiger partial charge < -0.3 is 15.0 Å². The number of halogens is 1. The summed E-state index contributed by atoms with van der Waals surface area (Å²) in [6, 6.07) is 14.6. The van der Waals surface area contributed by atoms with Gasteiger partial charge in [0.1, 0.15) is 11.8 Å². The molecule has 2 rings (SSSR count). The van der Waals surface area contributed by atoms with Gasteiger partial charge in [-0.25, -0.2) is 0 Å². The molecule has 2 amide bonds. The van der Waals surface area contributed by atoms with Crippen molar-refractivity contribution >= 4 is 35.2 Å². The van der Waals surface area contributed by atoms with Crippen LogP contribution in [0.15, 0.2) is 48.5 Å². The zero-order valence-corrected chi connectivity index (χ0v) is 18.6. The van der Waals surface area contributed by atoms with Crippen LogP contribution in [-0.4, -0.2) is 42.2 Å². The first-order valence-electron chi connectivity index (χ1n) is 9.47. The van der Waals surface area contributed by atoms with Gasteiger partial charge >= 0.3 is 0 Å². The Kier molecular flexibility index (Phi) is 9.35. The van der Waals surface area contributed by atoms with Crippen LogP contribution in [-0.2, 0) is 21.9 Å². The Morgan fingerprint density at radius 3 is 2.59 bits per heavy atom. The molecule has 2 aromatic rings. The lowest BCUT2D eigenvalue weighted by molar-refractivity contribution is -0.138. The molecule has 0 spiro atoms. The molecule has 1 unspecified atom stereocenters. The number of hydrogen-bond acceptors (Lipinski definition) is 4. The van der Waals surface area contributed by atoms with E-state index in [2.05, 4.69) is 5.32 Å². The van der Waals surface area contributed by atoms with E-state index < -0.39 is 6.04 Å². The highest BCUT2D eigenvalue weighted by molar-refractivity contribution is 7.99. The summed E-state index contributed by atoms with van der Waals surface area (Å²) in [6.07, 6.45) is 0. The average Bonchev–Trinajstić information content (AvgIpc) is 2.71. The first-order valence-corrected chi connectivity index (χ1v) is 11.0. The highest BCUT2D eigenvalue weighted by Gasteiger charge is 2.25. The summed E-state index contributed by atoms with van der Waals surface area (Å²) in [6.45, 7) is 4.48. The predicted molar refractivity (Wildman–Crippen MR) is 119 cm³/mol. The number of carbonyl (C=O) groups is 2. The maximum atomic E-state index is 13.0. The Hall–Kier alpha value is -2.18. The van der Waals surface area contributed by atoms with E-state index in [0.29, 0.717) is 23.9 Å². The van der Waals surface area contributed by atoms with Crippen molar-refractivity contribution in [2.24, 2.45) is 0 Å². The summed E-state index contributed by atoms with van der Waals surface area (Å²) in [5.41, 5.74) is 1.97. The van der Waals surface area contributed by atoms with Crippen molar-refractivity contribution < 1.29 is 14.3 Å². The molecule has 0 heterocycles. The largest absolute Gasteiger partial charge is 0.497 e. The molecule has 156 valence electrons. The molecule has 0 aliphatic rings. The number of carbonyl (C=O) groups excluding carboxylic acids is 2. The SMILES string of the molecule is CCNC(=O)C(C)N(Cc1cccc(OC)c1)C(=O)CSCc1cccc(Cl)c1. The number of rotatable bonds is 10. The number of amides is 2. The summed E-state index contributed by atoms with van der Waals surface area (Å²) >= 11 is 7.52. The van der Waals surface area contributed by atoms with Crippen molar-refractivity contribution in [3.63, 3.8) is 0 Å². The zero-order chi connectivity index (χ0) is 21.2. The third kappa shape index (κ3) is 7.29. The molecular weight excluding hydrogens is 408 g/mol. The van der Waals surface area contributed by atoms with E-state index in [9.17, 15) is 9.59 Å². The highest BCUT2D eigenvalue weighted by Crippen LogP contribution is 2.20. The van der Waals surface area contributed by atoms with Crippen molar-refractivity contribution in [2.45, 2.75) is 32.2 Å². The fraction of sp³-hybridized carbons (Fsp3) is 0.364. The van der Waals surface area contributed by atoms with E-state index in [-0.39, 0.29) is 17.6 Å². The number of thioether (sulfide) groups is 1. The lowest BCUT2D eigenvalue weighted by atomic mass is 10.1. The molecule has 1 N–H and O–H groups in total. The Balaban J connectivity index is 2.08.